The van der Waals surface area contributed by atoms with Crippen molar-refractivity contribution in [3.8, 4) is 0 Å². The van der Waals surface area contributed by atoms with E-state index in [9.17, 15) is 14.4 Å². The first kappa shape index (κ1) is 21.9. The molecule has 0 radical (unpaired) electrons. The fourth-order valence-corrected chi connectivity index (χ4v) is 5.15. The summed E-state index contributed by atoms with van der Waals surface area (Å²) < 4.78 is 5.37. The van der Waals surface area contributed by atoms with Crippen molar-refractivity contribution in [2.75, 3.05) is 44.3 Å². The van der Waals surface area contributed by atoms with Crippen LogP contribution in [0, 0.1) is 5.92 Å². The van der Waals surface area contributed by atoms with Gasteiger partial charge in [0.1, 0.15) is 0 Å². The molecule has 172 valence electrons. The molecule has 0 N–H and O–H groups in total. The van der Waals surface area contributed by atoms with Crippen molar-refractivity contribution in [3.63, 3.8) is 0 Å². The average molecular weight is 468 g/mol. The molecule has 33 heavy (non-hydrogen) atoms. The Balaban J connectivity index is 1.38. The third-order valence-corrected chi connectivity index (χ3v) is 7.07. The summed E-state index contributed by atoms with van der Waals surface area (Å²) >= 11 is 6.27. The fraction of sp³-hybridized carbons (Fsp3) is 0.400. The number of amides is 3. The van der Waals surface area contributed by atoms with Gasteiger partial charge in [-0.05, 0) is 36.6 Å². The van der Waals surface area contributed by atoms with Crippen LogP contribution in [0.5, 0.6) is 0 Å². The quantitative estimate of drug-likeness (QED) is 0.646. The second-order valence-electron chi connectivity index (χ2n) is 8.71. The van der Waals surface area contributed by atoms with Crippen molar-refractivity contribution in [3.05, 3.63) is 64.2 Å². The number of imide groups is 1. The summed E-state index contributed by atoms with van der Waals surface area (Å²) in [7, 11) is 0. The Labute approximate surface area is 197 Å². The van der Waals surface area contributed by atoms with E-state index in [0.717, 1.165) is 30.6 Å². The number of hydrogen-bond acceptors (Lipinski definition) is 5. The SMILES string of the molecule is O=C(C1CCCN(c2cccc3c2C(=O)N(Cc2ccccc2Cl)C3=O)C1)N1CCOCC1. The molecule has 0 spiro atoms. The summed E-state index contributed by atoms with van der Waals surface area (Å²) in [6.45, 7) is 3.82. The molecule has 2 saturated heterocycles. The molecule has 7 nitrogen and oxygen atoms in total. The van der Waals surface area contributed by atoms with Crippen molar-refractivity contribution < 1.29 is 19.1 Å². The highest BCUT2D eigenvalue weighted by atomic mass is 35.5. The van der Waals surface area contributed by atoms with Gasteiger partial charge in [0.25, 0.3) is 11.8 Å². The van der Waals surface area contributed by atoms with Gasteiger partial charge in [0.05, 0.1) is 42.5 Å². The van der Waals surface area contributed by atoms with Crippen molar-refractivity contribution in [1.82, 2.24) is 9.80 Å². The van der Waals surface area contributed by atoms with E-state index in [4.69, 9.17) is 16.3 Å². The minimum absolute atomic E-state index is 0.126. The van der Waals surface area contributed by atoms with Crippen LogP contribution >= 0.6 is 11.6 Å². The van der Waals surface area contributed by atoms with Crippen molar-refractivity contribution in [1.29, 1.82) is 0 Å². The zero-order valence-corrected chi connectivity index (χ0v) is 19.1. The molecule has 3 amide bonds. The lowest BCUT2D eigenvalue weighted by Crippen LogP contribution is -2.48. The molecule has 1 atom stereocenters. The van der Waals surface area contributed by atoms with Crippen molar-refractivity contribution in [2.45, 2.75) is 19.4 Å². The van der Waals surface area contributed by atoms with Gasteiger partial charge in [-0.3, -0.25) is 19.3 Å². The number of carbonyl (C=O) groups excluding carboxylic acids is 3. The number of benzene rings is 2. The topological polar surface area (TPSA) is 70.2 Å². The van der Waals surface area contributed by atoms with E-state index in [0.29, 0.717) is 49.0 Å². The van der Waals surface area contributed by atoms with E-state index >= 15 is 0 Å². The highest BCUT2D eigenvalue weighted by molar-refractivity contribution is 6.31. The summed E-state index contributed by atoms with van der Waals surface area (Å²) in [5, 5.41) is 0.523. The monoisotopic (exact) mass is 467 g/mol. The first-order chi connectivity index (χ1) is 16.0. The van der Waals surface area contributed by atoms with E-state index in [2.05, 4.69) is 4.90 Å². The Morgan fingerprint density at radius 1 is 1.00 bits per heavy atom. The van der Waals surface area contributed by atoms with Crippen molar-refractivity contribution in [2.24, 2.45) is 5.92 Å². The molecule has 5 rings (SSSR count). The highest BCUT2D eigenvalue weighted by Gasteiger charge is 2.40. The number of piperidine rings is 1. The van der Waals surface area contributed by atoms with Gasteiger partial charge in [-0.2, -0.15) is 0 Å². The highest BCUT2D eigenvalue weighted by Crippen LogP contribution is 2.35. The zero-order valence-electron chi connectivity index (χ0n) is 18.3. The minimum atomic E-state index is -0.313. The zero-order chi connectivity index (χ0) is 22.9. The van der Waals surface area contributed by atoms with Gasteiger partial charge in [0.15, 0.2) is 0 Å². The number of morpholine rings is 1. The van der Waals surface area contributed by atoms with Crippen LogP contribution in [-0.4, -0.2) is 66.9 Å². The molecule has 3 aliphatic rings. The Kier molecular flexibility index (Phi) is 6.08. The molecule has 0 aliphatic carbocycles. The Bertz CT molecular complexity index is 1100. The second-order valence-corrected chi connectivity index (χ2v) is 9.12. The van der Waals surface area contributed by atoms with Gasteiger partial charge in [-0.25, -0.2) is 0 Å². The largest absolute Gasteiger partial charge is 0.378 e. The number of anilines is 1. The Morgan fingerprint density at radius 2 is 1.79 bits per heavy atom. The van der Waals surface area contributed by atoms with Crippen molar-refractivity contribution >= 4 is 35.0 Å². The molecule has 2 fully saturated rings. The number of halogens is 1. The van der Waals surface area contributed by atoms with Crippen LogP contribution in [0.2, 0.25) is 5.02 Å². The van der Waals surface area contributed by atoms with E-state index in [1.807, 2.05) is 35.2 Å². The van der Waals surface area contributed by atoms with Crippen LogP contribution in [0.4, 0.5) is 5.69 Å². The summed E-state index contributed by atoms with van der Waals surface area (Å²) in [5.74, 6) is -0.598. The third kappa shape index (κ3) is 4.11. The standard InChI is InChI=1S/C25H26ClN3O4/c26-20-8-2-1-5-17(20)16-29-24(31)19-7-3-9-21(22(19)25(29)32)28-10-4-6-18(15-28)23(30)27-11-13-33-14-12-27/h1-3,5,7-9,18H,4,6,10-16H2. The van der Waals surface area contributed by atoms with Gasteiger partial charge in [-0.15, -0.1) is 0 Å². The number of hydrogen-bond donors (Lipinski definition) is 0. The van der Waals surface area contributed by atoms with E-state index in [1.165, 1.54) is 4.90 Å². The first-order valence-corrected chi connectivity index (χ1v) is 11.8. The van der Waals surface area contributed by atoms with Gasteiger partial charge in [-0.1, -0.05) is 35.9 Å². The van der Waals surface area contributed by atoms with Gasteiger partial charge in [0.2, 0.25) is 5.91 Å². The first-order valence-electron chi connectivity index (χ1n) is 11.4. The van der Waals surface area contributed by atoms with Crippen LogP contribution in [0.15, 0.2) is 42.5 Å². The number of nitrogens with zero attached hydrogens (tertiary/aromatic N) is 3. The normalized spacial score (nSPS) is 20.9. The number of rotatable bonds is 4. The molecule has 2 aromatic carbocycles. The van der Waals surface area contributed by atoms with E-state index in [1.54, 1.807) is 12.1 Å². The van der Waals surface area contributed by atoms with Crippen LogP contribution in [0.3, 0.4) is 0 Å². The summed E-state index contributed by atoms with van der Waals surface area (Å²) in [6, 6.07) is 12.6. The fourth-order valence-electron chi connectivity index (χ4n) is 4.96. The van der Waals surface area contributed by atoms with E-state index in [-0.39, 0.29) is 30.2 Å². The number of ether oxygens (including phenoxy) is 1. The average Bonchev–Trinajstić information content (AvgIpc) is 3.10. The van der Waals surface area contributed by atoms with Crippen LogP contribution in [0.1, 0.15) is 39.1 Å². The minimum Gasteiger partial charge on any atom is -0.378 e. The molecule has 3 heterocycles. The molecule has 0 bridgehead atoms. The predicted octanol–water partition coefficient (Wildman–Crippen LogP) is 3.21. The van der Waals surface area contributed by atoms with Crippen LogP contribution in [-0.2, 0) is 16.1 Å². The van der Waals surface area contributed by atoms with Crippen LogP contribution in [0.25, 0.3) is 0 Å². The lowest BCUT2D eigenvalue weighted by molar-refractivity contribution is -0.139. The molecule has 3 aliphatic heterocycles. The summed E-state index contributed by atoms with van der Waals surface area (Å²) in [4.78, 5) is 44.8. The summed E-state index contributed by atoms with van der Waals surface area (Å²) in [6.07, 6.45) is 1.68. The Hall–Kier alpha value is -2.90. The molecular weight excluding hydrogens is 442 g/mol. The molecule has 2 aromatic rings. The maximum Gasteiger partial charge on any atom is 0.263 e. The second kappa shape index (κ2) is 9.15. The molecule has 1 unspecified atom stereocenters. The Morgan fingerprint density at radius 3 is 2.58 bits per heavy atom. The summed E-state index contributed by atoms with van der Waals surface area (Å²) in [5.41, 5.74) is 2.29. The van der Waals surface area contributed by atoms with Gasteiger partial charge in [0, 0.05) is 31.2 Å². The maximum atomic E-state index is 13.4. The van der Waals surface area contributed by atoms with Gasteiger partial charge >= 0.3 is 0 Å². The molecule has 8 heteroatoms. The number of carbonyl (C=O) groups is 3. The predicted molar refractivity (Wildman–Crippen MR) is 124 cm³/mol. The van der Waals surface area contributed by atoms with E-state index < -0.39 is 0 Å². The smallest absolute Gasteiger partial charge is 0.263 e. The molecule has 0 saturated carbocycles. The number of fused-ring (bicyclic) bond motifs is 1. The maximum absolute atomic E-state index is 13.4. The van der Waals surface area contributed by atoms with Gasteiger partial charge < -0.3 is 14.5 Å². The molecular formula is C25H26ClN3O4. The third-order valence-electron chi connectivity index (χ3n) is 6.70. The molecule has 0 aromatic heterocycles. The lowest BCUT2D eigenvalue weighted by atomic mass is 9.94. The van der Waals surface area contributed by atoms with Crippen LogP contribution < -0.4 is 4.90 Å². The lowest BCUT2D eigenvalue weighted by Gasteiger charge is -2.37.